The Hall–Kier alpha value is -2.05. The Morgan fingerprint density at radius 1 is 1.22 bits per heavy atom. The Balaban J connectivity index is 0.00000961. The molecule has 0 aliphatic carbocycles. The van der Waals surface area contributed by atoms with Crippen LogP contribution in [0.5, 0.6) is 5.75 Å². The number of likely N-dealkylation sites (N-methyl/N-ethyl adjacent to an activating group) is 1. The first-order chi connectivity index (χ1) is 14.8. The number of carboxylic acids is 1. The van der Waals surface area contributed by atoms with Crippen molar-refractivity contribution in [2.45, 2.75) is 72.4 Å². The summed E-state index contributed by atoms with van der Waals surface area (Å²) in [4.78, 5) is 26.0. The summed E-state index contributed by atoms with van der Waals surface area (Å²) in [6.07, 6.45) is 8.62. The average molecular weight is 469 g/mol. The Morgan fingerprint density at radius 2 is 1.94 bits per heavy atom. The van der Waals surface area contributed by atoms with E-state index in [2.05, 4.69) is 31.3 Å². The van der Waals surface area contributed by atoms with Gasteiger partial charge in [-0.15, -0.1) is 12.4 Å². The van der Waals surface area contributed by atoms with Gasteiger partial charge in [-0.05, 0) is 56.3 Å². The van der Waals surface area contributed by atoms with E-state index in [9.17, 15) is 14.7 Å². The fourth-order valence-corrected chi connectivity index (χ4v) is 3.54. The lowest BCUT2D eigenvalue weighted by atomic mass is 10.0. The lowest BCUT2D eigenvalue weighted by Crippen LogP contribution is -2.35. The molecule has 1 aromatic rings. The summed E-state index contributed by atoms with van der Waals surface area (Å²) in [5.74, 6) is 0.233. The van der Waals surface area contributed by atoms with Crippen LogP contribution in [0.3, 0.4) is 0 Å². The molecule has 0 spiro atoms. The number of unbranched alkanes of at least 4 members (excludes halogenated alkanes) is 2. The topological polar surface area (TPSA) is 78.9 Å². The van der Waals surface area contributed by atoms with Crippen molar-refractivity contribution in [3.05, 3.63) is 41.5 Å². The van der Waals surface area contributed by atoms with Gasteiger partial charge in [0.2, 0.25) is 5.91 Å². The molecule has 0 aromatic heterocycles. The number of hydrogen-bond donors (Lipinski definition) is 2. The zero-order chi connectivity index (χ0) is 23.2. The van der Waals surface area contributed by atoms with Crippen LogP contribution in [0.2, 0.25) is 0 Å². The number of aliphatic carboxylic acids is 1. The minimum atomic E-state index is -0.891. The van der Waals surface area contributed by atoms with E-state index >= 15 is 0 Å². The Bertz CT molecular complexity index is 722. The second-order valence-corrected chi connectivity index (χ2v) is 8.14. The largest absolute Gasteiger partial charge is 0.496 e. The number of methoxy groups -OCH3 is 1. The Kier molecular flexibility index (Phi) is 15.5. The third kappa shape index (κ3) is 10.5. The molecule has 182 valence electrons. The van der Waals surface area contributed by atoms with Crippen LogP contribution in [0.1, 0.15) is 77.0 Å². The molecular formula is C25H41ClN2O4. The summed E-state index contributed by atoms with van der Waals surface area (Å²) in [6.45, 7) is 10.0. The Labute approximate surface area is 199 Å². The maximum absolute atomic E-state index is 12.1. The van der Waals surface area contributed by atoms with E-state index in [-0.39, 0.29) is 18.3 Å². The molecule has 2 N–H and O–H groups in total. The zero-order valence-electron chi connectivity index (χ0n) is 20.2. The highest BCUT2D eigenvalue weighted by molar-refractivity contribution is 5.85. The first-order valence-corrected chi connectivity index (χ1v) is 11.4. The molecule has 0 radical (unpaired) electrons. The van der Waals surface area contributed by atoms with Gasteiger partial charge in [-0.25, -0.2) is 0 Å². The van der Waals surface area contributed by atoms with Crippen molar-refractivity contribution in [3.8, 4) is 5.75 Å². The summed E-state index contributed by atoms with van der Waals surface area (Å²) in [7, 11) is 1.55. The number of rotatable bonds is 15. The van der Waals surface area contributed by atoms with Crippen LogP contribution in [0, 0.1) is 5.92 Å². The van der Waals surface area contributed by atoms with Gasteiger partial charge in [0.05, 0.1) is 7.11 Å². The lowest BCUT2D eigenvalue weighted by molar-refractivity contribution is -0.143. The first-order valence-electron chi connectivity index (χ1n) is 11.4. The van der Waals surface area contributed by atoms with Gasteiger partial charge in [0, 0.05) is 18.5 Å². The van der Waals surface area contributed by atoms with Crippen LogP contribution in [0.4, 0.5) is 0 Å². The molecule has 0 aliphatic heterocycles. The van der Waals surface area contributed by atoms with Crippen molar-refractivity contribution in [1.29, 1.82) is 0 Å². The van der Waals surface area contributed by atoms with E-state index in [1.807, 2.05) is 30.9 Å². The monoisotopic (exact) mass is 468 g/mol. The molecule has 1 unspecified atom stereocenters. The van der Waals surface area contributed by atoms with Gasteiger partial charge < -0.3 is 15.2 Å². The van der Waals surface area contributed by atoms with E-state index in [0.29, 0.717) is 43.3 Å². The van der Waals surface area contributed by atoms with Gasteiger partial charge in [0.1, 0.15) is 11.8 Å². The minimum absolute atomic E-state index is 0. The van der Waals surface area contributed by atoms with Crippen LogP contribution >= 0.6 is 12.4 Å². The normalized spacial score (nSPS) is 12.1. The summed E-state index contributed by atoms with van der Waals surface area (Å²) < 4.78 is 5.51. The average Bonchev–Trinajstić information content (AvgIpc) is 2.74. The van der Waals surface area contributed by atoms with E-state index in [1.54, 1.807) is 13.2 Å². The lowest BCUT2D eigenvalue weighted by Gasteiger charge is -2.28. The van der Waals surface area contributed by atoms with Crippen LogP contribution in [0.25, 0.3) is 0 Å². The van der Waals surface area contributed by atoms with E-state index in [1.165, 1.54) is 0 Å². The fourth-order valence-electron chi connectivity index (χ4n) is 3.54. The smallest absolute Gasteiger partial charge is 0.325 e. The predicted octanol–water partition coefficient (Wildman–Crippen LogP) is 5.36. The molecule has 1 amide bonds. The summed E-state index contributed by atoms with van der Waals surface area (Å²) in [6, 6.07) is 4.73. The number of nitrogens with zero attached hydrogens (tertiary/aromatic N) is 1. The maximum Gasteiger partial charge on any atom is 0.325 e. The fraction of sp³-hybridized carbons (Fsp3) is 0.600. The summed E-state index contributed by atoms with van der Waals surface area (Å²) >= 11 is 0. The summed E-state index contributed by atoms with van der Waals surface area (Å²) in [5, 5.41) is 12.8. The number of carboxylic acid groups (broad SMARTS) is 1. The first kappa shape index (κ1) is 29.9. The van der Waals surface area contributed by atoms with E-state index in [0.717, 1.165) is 31.2 Å². The number of allylic oxidation sites excluding steroid dienone is 2. The van der Waals surface area contributed by atoms with Crippen LogP contribution < -0.4 is 10.1 Å². The maximum atomic E-state index is 12.1. The third-order valence-electron chi connectivity index (χ3n) is 5.14. The second kappa shape index (κ2) is 16.6. The minimum Gasteiger partial charge on any atom is -0.496 e. The standard InChI is InChI=1S/C25H40N2O4.ClH/c1-6-16-27(7-2)24(25(29)30)21-15-14-20(17-22(21)31-5)18-26-23(28)13-11-9-8-10-12-19(3)4;/h10,12,14-15,17,19,24H,6-9,11,13,16,18H2,1-5H3,(H,26,28)(H,29,30);1H/b12-10+;. The number of benzene rings is 1. The molecule has 0 bridgehead atoms. The molecule has 0 saturated heterocycles. The third-order valence-corrected chi connectivity index (χ3v) is 5.14. The second-order valence-electron chi connectivity index (χ2n) is 8.14. The van der Waals surface area contributed by atoms with Gasteiger partial charge in [-0.3, -0.25) is 14.5 Å². The molecule has 0 heterocycles. The van der Waals surface area contributed by atoms with Crippen LogP contribution in [-0.2, 0) is 16.1 Å². The van der Waals surface area contributed by atoms with Gasteiger partial charge in [0.25, 0.3) is 0 Å². The SMILES string of the molecule is CCCN(CC)C(C(=O)O)c1ccc(CNC(=O)CCCC/C=C/C(C)C)cc1OC.Cl. The molecule has 1 atom stereocenters. The highest BCUT2D eigenvalue weighted by Crippen LogP contribution is 2.31. The van der Waals surface area contributed by atoms with Gasteiger partial charge in [0.15, 0.2) is 0 Å². The molecule has 0 saturated carbocycles. The van der Waals surface area contributed by atoms with E-state index < -0.39 is 12.0 Å². The van der Waals surface area contributed by atoms with Crippen molar-refractivity contribution < 1.29 is 19.4 Å². The molecular weight excluding hydrogens is 428 g/mol. The van der Waals surface area contributed by atoms with Gasteiger partial charge >= 0.3 is 5.97 Å². The molecule has 32 heavy (non-hydrogen) atoms. The molecule has 0 aliphatic rings. The molecule has 1 aromatic carbocycles. The van der Waals surface area contributed by atoms with Crippen LogP contribution in [0.15, 0.2) is 30.4 Å². The highest BCUT2D eigenvalue weighted by atomic mass is 35.5. The number of halogens is 1. The van der Waals surface area contributed by atoms with Crippen molar-refractivity contribution in [1.82, 2.24) is 10.2 Å². The van der Waals surface area contributed by atoms with Crippen molar-refractivity contribution in [3.63, 3.8) is 0 Å². The number of carbonyl (C=O) groups excluding carboxylic acids is 1. The van der Waals surface area contributed by atoms with Gasteiger partial charge in [-0.2, -0.15) is 0 Å². The summed E-state index contributed by atoms with van der Waals surface area (Å²) in [5.41, 5.74) is 1.52. The van der Waals surface area contributed by atoms with Crippen LogP contribution in [-0.4, -0.2) is 42.1 Å². The number of ether oxygens (including phenoxy) is 1. The molecule has 0 fully saturated rings. The number of nitrogens with one attached hydrogen (secondary N) is 1. The zero-order valence-corrected chi connectivity index (χ0v) is 21.0. The van der Waals surface area contributed by atoms with Crippen molar-refractivity contribution in [2.75, 3.05) is 20.2 Å². The predicted molar refractivity (Wildman–Crippen MR) is 132 cm³/mol. The number of carbonyl (C=O) groups is 2. The molecule has 6 nitrogen and oxygen atoms in total. The number of hydrogen-bond acceptors (Lipinski definition) is 4. The van der Waals surface area contributed by atoms with Gasteiger partial charge in [-0.1, -0.05) is 52.0 Å². The quantitative estimate of drug-likeness (QED) is 0.267. The number of amides is 1. The van der Waals surface area contributed by atoms with E-state index in [4.69, 9.17) is 4.74 Å². The Morgan fingerprint density at radius 3 is 2.50 bits per heavy atom. The highest BCUT2D eigenvalue weighted by Gasteiger charge is 2.28. The molecule has 1 rings (SSSR count). The van der Waals surface area contributed by atoms with Crippen molar-refractivity contribution >= 4 is 24.3 Å². The molecule has 7 heteroatoms. The van der Waals surface area contributed by atoms with Crippen molar-refractivity contribution in [2.24, 2.45) is 5.92 Å².